The van der Waals surface area contributed by atoms with Crippen LogP contribution in [-0.2, 0) is 11.3 Å². The van der Waals surface area contributed by atoms with E-state index in [2.05, 4.69) is 20.9 Å². The van der Waals surface area contributed by atoms with Gasteiger partial charge in [0.05, 0.1) is 24.1 Å². The van der Waals surface area contributed by atoms with Gasteiger partial charge in [0.2, 0.25) is 5.28 Å². The first kappa shape index (κ1) is 13.5. The van der Waals surface area contributed by atoms with E-state index < -0.39 is 0 Å². The van der Waals surface area contributed by atoms with Crippen LogP contribution >= 0.6 is 27.5 Å². The predicted molar refractivity (Wildman–Crippen MR) is 75.3 cm³/mol. The summed E-state index contributed by atoms with van der Waals surface area (Å²) in [6, 6.07) is 3.72. The fourth-order valence-corrected chi connectivity index (χ4v) is 2.68. The van der Waals surface area contributed by atoms with Crippen molar-refractivity contribution >= 4 is 38.4 Å². The molecule has 0 unspecified atom stereocenters. The molecule has 0 spiro atoms. The van der Waals surface area contributed by atoms with Gasteiger partial charge >= 0.3 is 0 Å². The molecule has 0 radical (unpaired) electrons. The van der Waals surface area contributed by atoms with Crippen LogP contribution in [0, 0.1) is 6.92 Å². The Morgan fingerprint density at radius 1 is 1.50 bits per heavy atom. The van der Waals surface area contributed by atoms with Gasteiger partial charge in [-0.3, -0.25) is 9.36 Å². The lowest BCUT2D eigenvalue weighted by atomic mass is 10.2. The molecule has 0 saturated carbocycles. The van der Waals surface area contributed by atoms with Crippen LogP contribution in [0.15, 0.2) is 21.4 Å². The zero-order valence-electron chi connectivity index (χ0n) is 10.0. The molecular weight excluding hydrogens is 320 g/mol. The largest absolute Gasteiger partial charge is 0.383 e. The van der Waals surface area contributed by atoms with E-state index in [0.717, 1.165) is 10.0 Å². The van der Waals surface area contributed by atoms with Crippen LogP contribution in [0.1, 0.15) is 5.56 Å². The van der Waals surface area contributed by atoms with Gasteiger partial charge in [-0.05, 0) is 52.2 Å². The molecule has 96 valence electrons. The van der Waals surface area contributed by atoms with E-state index in [0.29, 0.717) is 24.1 Å². The fraction of sp³-hybridized carbons (Fsp3) is 0.333. The predicted octanol–water partition coefficient (Wildman–Crippen LogP) is 2.77. The van der Waals surface area contributed by atoms with Crippen LogP contribution in [0.5, 0.6) is 0 Å². The summed E-state index contributed by atoms with van der Waals surface area (Å²) in [7, 11) is 1.58. The number of rotatable bonds is 3. The molecule has 0 aliphatic rings. The van der Waals surface area contributed by atoms with E-state index in [1.807, 2.05) is 19.1 Å². The molecule has 0 saturated heterocycles. The highest BCUT2D eigenvalue weighted by Crippen LogP contribution is 2.23. The van der Waals surface area contributed by atoms with Gasteiger partial charge in [0.15, 0.2) is 0 Å². The summed E-state index contributed by atoms with van der Waals surface area (Å²) in [5, 5.41) is 0.733. The summed E-state index contributed by atoms with van der Waals surface area (Å²) in [5.74, 6) is 0. The van der Waals surface area contributed by atoms with Crippen molar-refractivity contribution in [3.63, 3.8) is 0 Å². The Kier molecular flexibility index (Phi) is 4.04. The Morgan fingerprint density at radius 3 is 2.89 bits per heavy atom. The summed E-state index contributed by atoms with van der Waals surface area (Å²) in [6.07, 6.45) is 0. The quantitative estimate of drug-likeness (QED) is 0.812. The molecule has 1 heterocycles. The van der Waals surface area contributed by atoms with Gasteiger partial charge in [-0.1, -0.05) is 0 Å². The van der Waals surface area contributed by atoms with Crippen LogP contribution in [0.2, 0.25) is 5.28 Å². The summed E-state index contributed by atoms with van der Waals surface area (Å²) in [6.45, 7) is 2.74. The van der Waals surface area contributed by atoms with Crippen LogP contribution < -0.4 is 5.56 Å². The number of nitrogens with zero attached hydrogens (tertiary/aromatic N) is 2. The van der Waals surface area contributed by atoms with Crippen molar-refractivity contribution in [3.8, 4) is 0 Å². The van der Waals surface area contributed by atoms with E-state index in [9.17, 15) is 4.79 Å². The second-order valence-electron chi connectivity index (χ2n) is 3.97. The highest BCUT2D eigenvalue weighted by molar-refractivity contribution is 9.10. The number of aromatic nitrogens is 2. The molecule has 18 heavy (non-hydrogen) atoms. The van der Waals surface area contributed by atoms with Crippen LogP contribution in [0.3, 0.4) is 0 Å². The maximum Gasteiger partial charge on any atom is 0.262 e. The minimum Gasteiger partial charge on any atom is -0.383 e. The Balaban J connectivity index is 2.73. The third-order valence-electron chi connectivity index (χ3n) is 2.63. The number of benzene rings is 1. The minimum absolute atomic E-state index is 0.147. The third kappa shape index (κ3) is 2.43. The lowest BCUT2D eigenvalue weighted by molar-refractivity contribution is 0.186. The Bertz CT molecular complexity index is 655. The van der Waals surface area contributed by atoms with E-state index in [-0.39, 0.29) is 10.8 Å². The molecule has 2 rings (SSSR count). The van der Waals surface area contributed by atoms with E-state index >= 15 is 0 Å². The molecule has 0 aliphatic heterocycles. The second kappa shape index (κ2) is 5.38. The van der Waals surface area contributed by atoms with Crippen LogP contribution in [-0.4, -0.2) is 23.3 Å². The second-order valence-corrected chi connectivity index (χ2v) is 5.17. The molecule has 0 atom stereocenters. The minimum atomic E-state index is -0.147. The van der Waals surface area contributed by atoms with Gasteiger partial charge < -0.3 is 4.74 Å². The van der Waals surface area contributed by atoms with Crippen molar-refractivity contribution < 1.29 is 4.74 Å². The van der Waals surface area contributed by atoms with Gasteiger partial charge in [0, 0.05) is 11.6 Å². The first-order valence-corrected chi connectivity index (χ1v) is 6.57. The molecule has 1 aromatic carbocycles. The zero-order valence-corrected chi connectivity index (χ0v) is 12.4. The van der Waals surface area contributed by atoms with E-state index in [1.165, 1.54) is 4.57 Å². The molecule has 0 bridgehead atoms. The Morgan fingerprint density at radius 2 is 2.22 bits per heavy atom. The molecule has 0 fully saturated rings. The molecule has 0 N–H and O–H groups in total. The van der Waals surface area contributed by atoms with E-state index in [1.54, 1.807) is 7.11 Å². The Hall–Kier alpha value is -0.910. The molecule has 1 aromatic heterocycles. The fourth-order valence-electron chi connectivity index (χ4n) is 1.77. The normalized spacial score (nSPS) is 11.1. The topological polar surface area (TPSA) is 44.1 Å². The summed E-state index contributed by atoms with van der Waals surface area (Å²) >= 11 is 9.43. The molecule has 6 heteroatoms. The number of hydrogen-bond donors (Lipinski definition) is 0. The number of hydrogen-bond acceptors (Lipinski definition) is 3. The zero-order chi connectivity index (χ0) is 13.3. The van der Waals surface area contributed by atoms with Gasteiger partial charge in [0.25, 0.3) is 5.56 Å². The molecular formula is C12H12BrClN2O2. The maximum atomic E-state index is 12.3. The van der Waals surface area contributed by atoms with Gasteiger partial charge in [-0.2, -0.15) is 0 Å². The standard InChI is InChI=1S/C12H12BrClN2O2/c1-7-5-8-10(9(13)6-7)15-12(14)16(11(8)17)3-4-18-2/h5-6H,3-4H2,1-2H3. The number of fused-ring (bicyclic) bond motifs is 1. The number of aryl methyl sites for hydroxylation is 1. The van der Waals surface area contributed by atoms with Gasteiger partial charge in [-0.15, -0.1) is 0 Å². The van der Waals surface area contributed by atoms with Crippen molar-refractivity contribution in [1.29, 1.82) is 0 Å². The monoisotopic (exact) mass is 330 g/mol. The summed E-state index contributed by atoms with van der Waals surface area (Å²) < 4.78 is 7.15. The molecule has 0 aliphatic carbocycles. The number of ether oxygens (including phenoxy) is 1. The first-order chi connectivity index (χ1) is 8.54. The van der Waals surface area contributed by atoms with Crippen molar-refractivity contribution in [2.24, 2.45) is 0 Å². The average Bonchev–Trinajstić information content (AvgIpc) is 2.31. The Labute approximate surface area is 118 Å². The molecule has 4 nitrogen and oxygen atoms in total. The lowest BCUT2D eigenvalue weighted by Gasteiger charge is -2.10. The first-order valence-electron chi connectivity index (χ1n) is 5.39. The van der Waals surface area contributed by atoms with Crippen molar-refractivity contribution in [3.05, 3.63) is 37.8 Å². The van der Waals surface area contributed by atoms with Crippen molar-refractivity contribution in [2.75, 3.05) is 13.7 Å². The number of methoxy groups -OCH3 is 1. The smallest absolute Gasteiger partial charge is 0.262 e. The average molecular weight is 332 g/mol. The SMILES string of the molecule is COCCn1c(Cl)nc2c(Br)cc(C)cc2c1=O. The molecule has 2 aromatic rings. The van der Waals surface area contributed by atoms with Gasteiger partial charge in [0.1, 0.15) is 0 Å². The summed E-state index contributed by atoms with van der Waals surface area (Å²) in [4.78, 5) is 16.6. The van der Waals surface area contributed by atoms with Crippen molar-refractivity contribution in [1.82, 2.24) is 9.55 Å². The highest BCUT2D eigenvalue weighted by atomic mass is 79.9. The van der Waals surface area contributed by atoms with Crippen molar-refractivity contribution in [2.45, 2.75) is 13.5 Å². The number of halogens is 2. The summed E-state index contributed by atoms with van der Waals surface area (Å²) in [5.41, 5.74) is 1.43. The lowest BCUT2D eigenvalue weighted by Crippen LogP contribution is -2.24. The maximum absolute atomic E-state index is 12.3. The van der Waals surface area contributed by atoms with Gasteiger partial charge in [-0.25, -0.2) is 4.98 Å². The van der Waals surface area contributed by atoms with E-state index in [4.69, 9.17) is 16.3 Å². The van der Waals surface area contributed by atoms with Crippen LogP contribution in [0.4, 0.5) is 0 Å². The van der Waals surface area contributed by atoms with Crippen LogP contribution in [0.25, 0.3) is 10.9 Å². The third-order valence-corrected chi connectivity index (χ3v) is 3.52. The highest BCUT2D eigenvalue weighted by Gasteiger charge is 2.11. The molecule has 0 amide bonds.